The maximum Gasteiger partial charge on any atom is 0.317 e. The first-order valence-corrected chi connectivity index (χ1v) is 19.5. The Bertz CT molecular complexity index is 1840. The fourth-order valence-corrected chi connectivity index (χ4v) is 12.3. The molecule has 0 spiro atoms. The molecule has 7 rings (SSSR count). The van der Waals surface area contributed by atoms with Gasteiger partial charge in [-0.25, -0.2) is 0 Å². The van der Waals surface area contributed by atoms with Crippen LogP contribution in [0.5, 0.6) is 11.5 Å². The summed E-state index contributed by atoms with van der Waals surface area (Å²) in [4.78, 5) is 41.7. The smallest absolute Gasteiger partial charge is 0.317 e. The zero-order valence-corrected chi connectivity index (χ0v) is 32.5. The van der Waals surface area contributed by atoms with Gasteiger partial charge in [0, 0.05) is 11.5 Å². The van der Waals surface area contributed by atoms with Gasteiger partial charge in [-0.05, 0) is 133 Å². The number of fused-ring (bicyclic) bond motifs is 7. The molecule has 0 aromatic heterocycles. The number of ketones is 2. The molecular formula is C46H58O6. The predicted octanol–water partition coefficient (Wildman–Crippen LogP) is 9.84. The first-order chi connectivity index (χ1) is 24.4. The number of ether oxygens (including phenoxy) is 2. The van der Waals surface area contributed by atoms with Crippen LogP contribution in [0, 0.1) is 50.2 Å². The fourth-order valence-electron chi connectivity index (χ4n) is 12.3. The van der Waals surface area contributed by atoms with Crippen molar-refractivity contribution in [3.63, 3.8) is 0 Å². The van der Waals surface area contributed by atoms with Gasteiger partial charge in [-0.15, -0.1) is 0 Å². The summed E-state index contributed by atoms with van der Waals surface area (Å²) in [6, 6.07) is 14.5. The van der Waals surface area contributed by atoms with E-state index in [9.17, 15) is 19.5 Å². The Labute approximate surface area is 310 Å². The van der Waals surface area contributed by atoms with Crippen LogP contribution >= 0.6 is 0 Å². The molecule has 0 saturated heterocycles. The van der Waals surface area contributed by atoms with E-state index in [0.717, 1.165) is 50.5 Å². The van der Waals surface area contributed by atoms with Crippen LogP contribution in [0.15, 0.2) is 66.3 Å². The molecule has 0 heterocycles. The molecule has 1 N–H and O–H groups in total. The van der Waals surface area contributed by atoms with Crippen LogP contribution in [0.3, 0.4) is 0 Å². The number of benzene rings is 2. The number of carbonyl (C=O) groups excluding carboxylic acids is 3. The molecule has 278 valence electrons. The highest BCUT2D eigenvalue weighted by molar-refractivity contribution is 6.06. The summed E-state index contributed by atoms with van der Waals surface area (Å²) in [7, 11) is 1.56. The Morgan fingerprint density at radius 1 is 0.846 bits per heavy atom. The molecule has 0 amide bonds. The van der Waals surface area contributed by atoms with Gasteiger partial charge in [-0.1, -0.05) is 89.6 Å². The number of hydrogen-bond acceptors (Lipinski definition) is 6. The molecule has 6 heteroatoms. The molecule has 4 fully saturated rings. The lowest BCUT2D eigenvalue weighted by atomic mass is 9.33. The maximum atomic E-state index is 14.7. The molecule has 5 aliphatic carbocycles. The molecule has 6 nitrogen and oxygen atoms in total. The van der Waals surface area contributed by atoms with Crippen molar-refractivity contribution in [2.45, 2.75) is 112 Å². The normalized spacial score (nSPS) is 39.3. The van der Waals surface area contributed by atoms with Gasteiger partial charge in [-0.3, -0.25) is 14.4 Å². The fraction of sp³-hybridized carbons (Fsp3) is 0.587. The van der Waals surface area contributed by atoms with Crippen LogP contribution in [0.1, 0.15) is 122 Å². The van der Waals surface area contributed by atoms with E-state index in [1.54, 1.807) is 37.5 Å². The van der Waals surface area contributed by atoms with Crippen molar-refractivity contribution < 1.29 is 29.0 Å². The van der Waals surface area contributed by atoms with E-state index < -0.39 is 5.41 Å². The third-order valence-corrected chi connectivity index (χ3v) is 15.9. The maximum absolute atomic E-state index is 14.7. The van der Waals surface area contributed by atoms with Crippen molar-refractivity contribution >= 4 is 23.6 Å². The minimum absolute atomic E-state index is 0.000343. The second kappa shape index (κ2) is 12.5. The third kappa shape index (κ3) is 5.48. The van der Waals surface area contributed by atoms with Gasteiger partial charge in [0.15, 0.2) is 23.1 Å². The van der Waals surface area contributed by atoms with Gasteiger partial charge in [0.25, 0.3) is 0 Å². The molecule has 9 atom stereocenters. The predicted molar refractivity (Wildman–Crippen MR) is 204 cm³/mol. The molecule has 5 aliphatic rings. The molecule has 0 radical (unpaired) electrons. The molecule has 4 saturated carbocycles. The minimum atomic E-state index is -0.753. The Morgan fingerprint density at radius 2 is 1.56 bits per heavy atom. The van der Waals surface area contributed by atoms with Crippen molar-refractivity contribution in [1.29, 1.82) is 0 Å². The number of hydrogen-bond donors (Lipinski definition) is 1. The summed E-state index contributed by atoms with van der Waals surface area (Å²) in [5.74, 6) is 0.954. The molecule has 1 unspecified atom stereocenters. The summed E-state index contributed by atoms with van der Waals surface area (Å²) in [5.41, 5.74) is 1.09. The number of esters is 1. The first kappa shape index (κ1) is 36.8. The molecule has 2 aromatic carbocycles. The topological polar surface area (TPSA) is 89.9 Å². The van der Waals surface area contributed by atoms with Crippen LogP contribution in [0.2, 0.25) is 0 Å². The lowest BCUT2D eigenvalue weighted by molar-refractivity contribution is -0.202. The lowest BCUT2D eigenvalue weighted by Crippen LogP contribution is -2.66. The van der Waals surface area contributed by atoms with Crippen molar-refractivity contribution in [2.24, 2.45) is 50.2 Å². The van der Waals surface area contributed by atoms with E-state index >= 15 is 0 Å². The van der Waals surface area contributed by atoms with Crippen LogP contribution in [0.4, 0.5) is 0 Å². The Hall–Kier alpha value is -3.51. The van der Waals surface area contributed by atoms with E-state index in [0.29, 0.717) is 35.8 Å². The number of methoxy groups -OCH3 is 1. The van der Waals surface area contributed by atoms with E-state index in [1.165, 1.54) is 11.6 Å². The highest BCUT2D eigenvalue weighted by Crippen LogP contribution is 2.75. The molecule has 0 aliphatic heterocycles. The highest BCUT2D eigenvalue weighted by atomic mass is 16.6. The van der Waals surface area contributed by atoms with Crippen LogP contribution < -0.4 is 9.47 Å². The number of aliphatic hydroxyl groups is 1. The monoisotopic (exact) mass is 706 g/mol. The van der Waals surface area contributed by atoms with Gasteiger partial charge in [0.1, 0.15) is 0 Å². The standard InChI is InChI=1S/C46H58O6/c1-41(2)37-18-21-46(7)39(44(37,5)20-19-38(41)49)34(48)27-31-32-28-43(4,23-22-42(32,3)24-25-45(31,46)6)40(50)52-36-26-29(15-17-35(36)51-8)14-16-33(47)30-12-10-9-11-13-30/h9-17,26-27,32,37-39,49H,18-25,28H2,1-8H3/b16-14+/t32-,37-,38-,39?,42+,43-,44-,45-,46+/m0/s1. The van der Waals surface area contributed by atoms with Crippen molar-refractivity contribution in [3.05, 3.63) is 77.4 Å². The largest absolute Gasteiger partial charge is 0.493 e. The molecule has 0 bridgehead atoms. The number of rotatable bonds is 6. The SMILES string of the molecule is COc1ccc(/C=C/C(=O)c2ccccc2)cc1OC(=O)[C@@]1(C)CC[C@]2(C)CC[C@@]3(C)C(=CC(=O)C4[C@@]5(C)CC[C@H](O)C(C)(C)[C@@H]5CC[C@]43C)[C@@H]2C1. The van der Waals surface area contributed by atoms with E-state index in [-0.39, 0.29) is 62.6 Å². The summed E-state index contributed by atoms with van der Waals surface area (Å²) >= 11 is 0. The number of aliphatic hydroxyl groups excluding tert-OH is 1. The Morgan fingerprint density at radius 3 is 2.27 bits per heavy atom. The van der Waals surface area contributed by atoms with Gasteiger partial charge in [-0.2, -0.15) is 0 Å². The summed E-state index contributed by atoms with van der Waals surface area (Å²) in [5, 5.41) is 11.1. The molecule has 52 heavy (non-hydrogen) atoms. The van der Waals surface area contributed by atoms with Crippen molar-refractivity contribution in [3.8, 4) is 11.5 Å². The average molecular weight is 707 g/mol. The van der Waals surface area contributed by atoms with Gasteiger partial charge in [0.05, 0.1) is 18.6 Å². The molecular weight excluding hydrogens is 649 g/mol. The van der Waals surface area contributed by atoms with Crippen LogP contribution in [-0.2, 0) is 9.59 Å². The average Bonchev–Trinajstić information content (AvgIpc) is 3.11. The van der Waals surface area contributed by atoms with Crippen molar-refractivity contribution in [1.82, 2.24) is 0 Å². The van der Waals surface area contributed by atoms with E-state index in [1.807, 2.05) is 37.3 Å². The summed E-state index contributed by atoms with van der Waals surface area (Å²) in [6.45, 7) is 16.0. The number of allylic oxidation sites excluding steroid dienone is 3. The molecule has 2 aromatic rings. The first-order valence-electron chi connectivity index (χ1n) is 19.5. The lowest BCUT2D eigenvalue weighted by Gasteiger charge is -2.70. The Kier molecular flexibility index (Phi) is 8.88. The number of carbonyl (C=O) groups is 3. The third-order valence-electron chi connectivity index (χ3n) is 15.9. The summed E-state index contributed by atoms with van der Waals surface area (Å²) < 4.78 is 11.8. The summed E-state index contributed by atoms with van der Waals surface area (Å²) in [6.07, 6.45) is 12.9. The van der Waals surface area contributed by atoms with E-state index in [4.69, 9.17) is 9.47 Å². The highest BCUT2D eigenvalue weighted by Gasteiger charge is 2.70. The van der Waals surface area contributed by atoms with Crippen LogP contribution in [0.25, 0.3) is 6.08 Å². The van der Waals surface area contributed by atoms with Gasteiger partial charge >= 0.3 is 5.97 Å². The van der Waals surface area contributed by atoms with Gasteiger partial charge < -0.3 is 14.6 Å². The van der Waals surface area contributed by atoms with Crippen molar-refractivity contribution in [2.75, 3.05) is 7.11 Å². The zero-order chi connectivity index (χ0) is 37.5. The second-order valence-electron chi connectivity index (χ2n) is 19.0. The Balaban J connectivity index is 1.17. The van der Waals surface area contributed by atoms with Crippen LogP contribution in [-0.4, -0.2) is 35.9 Å². The minimum Gasteiger partial charge on any atom is -0.493 e. The quantitative estimate of drug-likeness (QED) is 0.139. The van der Waals surface area contributed by atoms with Gasteiger partial charge in [0.2, 0.25) is 0 Å². The zero-order valence-electron chi connectivity index (χ0n) is 32.5. The van der Waals surface area contributed by atoms with E-state index in [2.05, 4.69) is 41.5 Å². The second-order valence-corrected chi connectivity index (χ2v) is 19.0.